The van der Waals surface area contributed by atoms with E-state index in [0.717, 1.165) is 70.6 Å². The predicted molar refractivity (Wildman–Crippen MR) is 113 cm³/mol. The van der Waals surface area contributed by atoms with Gasteiger partial charge >= 0.3 is 0 Å². The minimum atomic E-state index is 0.242. The highest BCUT2D eigenvalue weighted by molar-refractivity contribution is 7.15. The van der Waals surface area contributed by atoms with Crippen LogP contribution in [-0.4, -0.2) is 78.5 Å². The zero-order valence-corrected chi connectivity index (χ0v) is 17.2. The molecule has 1 N–H and O–H groups in total. The molecule has 0 amide bonds. The van der Waals surface area contributed by atoms with Crippen LogP contribution >= 0.6 is 11.3 Å². The molecule has 0 radical (unpaired) electrons. The van der Waals surface area contributed by atoms with E-state index in [-0.39, 0.29) is 6.61 Å². The average molecular weight is 403 g/mol. The molecule has 0 aliphatic carbocycles. The van der Waals surface area contributed by atoms with E-state index in [9.17, 15) is 5.11 Å². The van der Waals surface area contributed by atoms with Crippen LogP contribution in [0.4, 0.5) is 5.13 Å². The molecule has 4 rings (SSSR count). The molecule has 2 aromatic rings. The molecular weight excluding hydrogens is 372 g/mol. The molecule has 2 aliphatic heterocycles. The van der Waals surface area contributed by atoms with Gasteiger partial charge in [0, 0.05) is 69.5 Å². The zero-order valence-electron chi connectivity index (χ0n) is 16.4. The Morgan fingerprint density at radius 1 is 1.07 bits per heavy atom. The van der Waals surface area contributed by atoms with Crippen LogP contribution in [0.3, 0.4) is 0 Å². The highest BCUT2D eigenvalue weighted by Gasteiger charge is 2.27. The Labute approximate surface area is 171 Å². The van der Waals surface area contributed by atoms with Gasteiger partial charge < -0.3 is 14.7 Å². The van der Waals surface area contributed by atoms with Gasteiger partial charge in [-0.05, 0) is 12.0 Å². The SMILES string of the molecule is OCC[C@H]1CN(Cc2cnc(N3CCOCC3)s2)CCN1Cc1ccccc1. The van der Waals surface area contributed by atoms with E-state index >= 15 is 0 Å². The van der Waals surface area contributed by atoms with E-state index in [1.54, 1.807) is 11.3 Å². The molecule has 7 heteroatoms. The van der Waals surface area contributed by atoms with Crippen LogP contribution in [0.1, 0.15) is 16.9 Å². The normalized spacial score (nSPS) is 21.9. The number of anilines is 1. The Morgan fingerprint density at radius 2 is 1.89 bits per heavy atom. The van der Waals surface area contributed by atoms with Gasteiger partial charge in [-0.2, -0.15) is 0 Å². The first-order valence-electron chi connectivity index (χ1n) is 10.2. The lowest BCUT2D eigenvalue weighted by Gasteiger charge is -2.41. The van der Waals surface area contributed by atoms with E-state index < -0.39 is 0 Å². The Morgan fingerprint density at radius 3 is 2.68 bits per heavy atom. The van der Waals surface area contributed by atoms with Gasteiger partial charge in [-0.1, -0.05) is 30.3 Å². The fourth-order valence-electron chi connectivity index (χ4n) is 4.04. The molecule has 1 atom stereocenters. The molecule has 0 spiro atoms. The third-order valence-electron chi connectivity index (χ3n) is 5.58. The van der Waals surface area contributed by atoms with Gasteiger partial charge in [-0.25, -0.2) is 4.98 Å². The van der Waals surface area contributed by atoms with Crippen molar-refractivity contribution in [1.82, 2.24) is 14.8 Å². The smallest absolute Gasteiger partial charge is 0.185 e. The number of aliphatic hydroxyl groups excluding tert-OH is 1. The summed E-state index contributed by atoms with van der Waals surface area (Å²) >= 11 is 1.81. The molecule has 28 heavy (non-hydrogen) atoms. The highest BCUT2D eigenvalue weighted by atomic mass is 32.1. The Bertz CT molecular complexity index is 720. The standard InChI is InChI=1S/C21H30N4O2S/c26-11-6-19-16-23(7-8-25(19)15-18-4-2-1-3-5-18)17-20-14-22-21(28-20)24-9-12-27-13-10-24/h1-5,14,19,26H,6-13,15-17H2/t19-/m0/s1. The van der Waals surface area contributed by atoms with Gasteiger partial charge in [0.05, 0.1) is 13.2 Å². The number of nitrogens with zero attached hydrogens (tertiary/aromatic N) is 4. The molecule has 1 aromatic heterocycles. The molecule has 0 unspecified atom stereocenters. The van der Waals surface area contributed by atoms with Crippen LogP contribution < -0.4 is 4.90 Å². The van der Waals surface area contributed by atoms with Crippen molar-refractivity contribution in [2.45, 2.75) is 25.6 Å². The molecule has 6 nitrogen and oxygen atoms in total. The quantitative estimate of drug-likeness (QED) is 0.765. The maximum Gasteiger partial charge on any atom is 0.185 e. The van der Waals surface area contributed by atoms with Crippen LogP contribution in [0.5, 0.6) is 0 Å². The van der Waals surface area contributed by atoms with Gasteiger partial charge in [0.25, 0.3) is 0 Å². The maximum absolute atomic E-state index is 9.56. The van der Waals surface area contributed by atoms with Gasteiger partial charge in [0.15, 0.2) is 5.13 Å². The van der Waals surface area contributed by atoms with Crippen molar-refractivity contribution >= 4 is 16.5 Å². The number of ether oxygens (including phenoxy) is 1. The third-order valence-corrected chi connectivity index (χ3v) is 6.62. The number of aliphatic hydroxyl groups is 1. The molecule has 1 aromatic carbocycles. The topological polar surface area (TPSA) is 52.1 Å². The van der Waals surface area contributed by atoms with Gasteiger partial charge in [0.1, 0.15) is 0 Å². The summed E-state index contributed by atoms with van der Waals surface area (Å²) < 4.78 is 5.44. The van der Waals surface area contributed by atoms with Crippen molar-refractivity contribution in [3.8, 4) is 0 Å². The number of thiazole rings is 1. The van der Waals surface area contributed by atoms with Gasteiger partial charge in [-0.3, -0.25) is 9.80 Å². The lowest BCUT2D eigenvalue weighted by Crippen LogP contribution is -2.52. The molecule has 2 saturated heterocycles. The van der Waals surface area contributed by atoms with Gasteiger partial charge in [-0.15, -0.1) is 11.3 Å². The van der Waals surface area contributed by atoms with E-state index in [0.29, 0.717) is 6.04 Å². The van der Waals surface area contributed by atoms with Crippen LogP contribution in [0.25, 0.3) is 0 Å². The first-order valence-corrected chi connectivity index (χ1v) is 11.0. The number of morpholine rings is 1. The summed E-state index contributed by atoms with van der Waals surface area (Å²) in [5.74, 6) is 0. The second-order valence-corrected chi connectivity index (χ2v) is 8.66. The highest BCUT2D eigenvalue weighted by Crippen LogP contribution is 2.26. The molecule has 0 bridgehead atoms. The van der Waals surface area contributed by atoms with Crippen molar-refractivity contribution in [1.29, 1.82) is 0 Å². The van der Waals surface area contributed by atoms with Crippen molar-refractivity contribution in [2.75, 3.05) is 57.4 Å². The molecular formula is C21H30N4O2S. The van der Waals surface area contributed by atoms with Crippen molar-refractivity contribution < 1.29 is 9.84 Å². The van der Waals surface area contributed by atoms with Crippen molar-refractivity contribution in [2.24, 2.45) is 0 Å². The minimum Gasteiger partial charge on any atom is -0.396 e. The largest absolute Gasteiger partial charge is 0.396 e. The summed E-state index contributed by atoms with van der Waals surface area (Å²) in [7, 11) is 0. The summed E-state index contributed by atoms with van der Waals surface area (Å²) in [6, 6.07) is 11.0. The fourth-order valence-corrected chi connectivity index (χ4v) is 5.05. The zero-order chi connectivity index (χ0) is 19.2. The van der Waals surface area contributed by atoms with E-state index in [1.165, 1.54) is 10.4 Å². The van der Waals surface area contributed by atoms with E-state index in [1.807, 2.05) is 6.20 Å². The summed E-state index contributed by atoms with van der Waals surface area (Å²) in [4.78, 5) is 13.3. The van der Waals surface area contributed by atoms with Gasteiger partial charge in [0.2, 0.25) is 0 Å². The Kier molecular flexibility index (Phi) is 6.93. The summed E-state index contributed by atoms with van der Waals surface area (Å²) in [5, 5.41) is 10.7. The Balaban J connectivity index is 1.34. The lowest BCUT2D eigenvalue weighted by atomic mass is 10.1. The number of hydrogen-bond acceptors (Lipinski definition) is 7. The number of aromatic nitrogens is 1. The average Bonchev–Trinajstić information content (AvgIpc) is 3.20. The Hall–Kier alpha value is -1.51. The molecule has 0 saturated carbocycles. The van der Waals surface area contributed by atoms with Crippen LogP contribution in [-0.2, 0) is 17.8 Å². The predicted octanol–water partition coefficient (Wildman–Crippen LogP) is 2.05. The molecule has 2 fully saturated rings. The lowest BCUT2D eigenvalue weighted by molar-refractivity contribution is 0.0504. The minimum absolute atomic E-state index is 0.242. The van der Waals surface area contributed by atoms with Crippen LogP contribution in [0.2, 0.25) is 0 Å². The van der Waals surface area contributed by atoms with E-state index in [4.69, 9.17) is 4.74 Å². The number of hydrogen-bond donors (Lipinski definition) is 1. The van der Waals surface area contributed by atoms with Crippen molar-refractivity contribution in [3.63, 3.8) is 0 Å². The summed E-state index contributed by atoms with van der Waals surface area (Å²) in [5.41, 5.74) is 1.34. The van der Waals surface area contributed by atoms with Crippen LogP contribution in [0.15, 0.2) is 36.5 Å². The number of piperazine rings is 1. The van der Waals surface area contributed by atoms with Crippen molar-refractivity contribution in [3.05, 3.63) is 47.0 Å². The van der Waals surface area contributed by atoms with Crippen LogP contribution in [0, 0.1) is 0 Å². The second-order valence-electron chi connectivity index (χ2n) is 7.57. The molecule has 152 valence electrons. The molecule has 2 aliphatic rings. The first-order chi connectivity index (χ1) is 13.8. The number of benzene rings is 1. The third kappa shape index (κ3) is 5.10. The second kappa shape index (κ2) is 9.80. The summed E-state index contributed by atoms with van der Waals surface area (Å²) in [6.07, 6.45) is 2.86. The fraction of sp³-hybridized carbons (Fsp3) is 0.571. The maximum atomic E-state index is 9.56. The first kappa shape index (κ1) is 19.8. The molecule has 3 heterocycles. The van der Waals surface area contributed by atoms with E-state index in [2.05, 4.69) is 50.0 Å². The summed E-state index contributed by atoms with van der Waals surface area (Å²) in [6.45, 7) is 8.69. The number of rotatable bonds is 7. The monoisotopic (exact) mass is 402 g/mol.